The Kier molecular flexibility index (Phi) is 3.18. The summed E-state index contributed by atoms with van der Waals surface area (Å²) >= 11 is 0. The molecule has 0 N–H and O–H groups in total. The number of rotatable bonds is 0. The van der Waals surface area contributed by atoms with Crippen LogP contribution in [0.1, 0.15) is 40.0 Å². The zero-order valence-corrected chi connectivity index (χ0v) is 10.7. The van der Waals surface area contributed by atoms with Crippen LogP contribution in [0.4, 0.5) is 0 Å². The summed E-state index contributed by atoms with van der Waals surface area (Å²) in [4.78, 5) is 0. The highest BCUT2D eigenvalue weighted by Crippen LogP contribution is 2.42. The highest BCUT2D eigenvalue weighted by Gasteiger charge is 2.31. The summed E-state index contributed by atoms with van der Waals surface area (Å²) in [5.74, 6) is 0.712. The van der Waals surface area contributed by atoms with E-state index < -0.39 is 0 Å². The Labute approximate surface area is 99.4 Å². The highest BCUT2D eigenvalue weighted by atomic mass is 14.4. The summed E-state index contributed by atoms with van der Waals surface area (Å²) in [5.41, 5.74) is 3.39. The first-order valence-electron chi connectivity index (χ1n) is 6.28. The Morgan fingerprint density at radius 1 is 1.25 bits per heavy atom. The minimum Gasteiger partial charge on any atom is -0.0839 e. The van der Waals surface area contributed by atoms with Crippen LogP contribution in [0.25, 0.3) is 0 Å². The molecular weight excluding hydrogens is 192 g/mol. The van der Waals surface area contributed by atoms with E-state index in [9.17, 15) is 0 Å². The second kappa shape index (κ2) is 4.45. The Balaban J connectivity index is 2.33. The summed E-state index contributed by atoms with van der Waals surface area (Å²) < 4.78 is 0. The van der Waals surface area contributed by atoms with Gasteiger partial charge in [-0.3, -0.25) is 0 Å². The van der Waals surface area contributed by atoms with Gasteiger partial charge in [0.1, 0.15) is 0 Å². The SMILES string of the molecule is CC1=C/CC(C)(C)C2CC=CC=C2C/C=C\1. The van der Waals surface area contributed by atoms with Crippen molar-refractivity contribution in [1.82, 2.24) is 0 Å². The maximum absolute atomic E-state index is 2.40. The third kappa shape index (κ3) is 2.37. The fourth-order valence-corrected chi connectivity index (χ4v) is 2.72. The normalized spacial score (nSPS) is 33.6. The van der Waals surface area contributed by atoms with E-state index in [1.54, 1.807) is 5.57 Å². The van der Waals surface area contributed by atoms with Crippen LogP contribution in [0, 0.1) is 11.3 Å². The second-order valence-electron chi connectivity index (χ2n) is 5.71. The Morgan fingerprint density at radius 2 is 2.06 bits per heavy atom. The van der Waals surface area contributed by atoms with E-state index in [0.29, 0.717) is 11.3 Å². The first-order valence-corrected chi connectivity index (χ1v) is 6.28. The zero-order valence-electron chi connectivity index (χ0n) is 10.7. The fraction of sp³-hybridized carbons (Fsp3) is 0.500. The molecule has 0 fully saturated rings. The van der Waals surface area contributed by atoms with Crippen LogP contribution in [0.15, 0.2) is 47.6 Å². The van der Waals surface area contributed by atoms with Crippen molar-refractivity contribution in [3.63, 3.8) is 0 Å². The molecule has 86 valence electrons. The third-order valence-corrected chi connectivity index (χ3v) is 3.89. The topological polar surface area (TPSA) is 0 Å². The fourth-order valence-electron chi connectivity index (χ4n) is 2.72. The van der Waals surface area contributed by atoms with Crippen molar-refractivity contribution in [2.24, 2.45) is 11.3 Å². The van der Waals surface area contributed by atoms with Crippen LogP contribution in [0.2, 0.25) is 0 Å². The molecule has 2 aliphatic carbocycles. The van der Waals surface area contributed by atoms with Gasteiger partial charge in [0, 0.05) is 0 Å². The molecule has 16 heavy (non-hydrogen) atoms. The van der Waals surface area contributed by atoms with E-state index in [1.807, 2.05) is 0 Å². The first-order chi connectivity index (χ1) is 7.59. The zero-order chi connectivity index (χ0) is 11.6. The monoisotopic (exact) mass is 214 g/mol. The van der Waals surface area contributed by atoms with Gasteiger partial charge in [0.15, 0.2) is 0 Å². The maximum Gasteiger partial charge on any atom is -0.0108 e. The lowest BCUT2D eigenvalue weighted by atomic mass is 9.69. The van der Waals surface area contributed by atoms with E-state index in [1.165, 1.54) is 18.4 Å². The molecule has 1 unspecified atom stereocenters. The van der Waals surface area contributed by atoms with Gasteiger partial charge < -0.3 is 0 Å². The standard InChI is InChI=1S/C16H22/c1-13-7-6-9-14-8-4-5-10-15(14)16(2,3)12-11-13/h4-8,11,15H,9-10,12H2,1-3H3/b7-6-,13-11-. The molecule has 0 aromatic carbocycles. The average Bonchev–Trinajstić information content (AvgIpc) is 2.31. The van der Waals surface area contributed by atoms with Crippen LogP contribution in [0.5, 0.6) is 0 Å². The van der Waals surface area contributed by atoms with Crippen molar-refractivity contribution in [3.05, 3.63) is 47.6 Å². The molecule has 0 amide bonds. The number of allylic oxidation sites excluding steroid dienone is 8. The molecule has 0 nitrogen and oxygen atoms in total. The van der Waals surface area contributed by atoms with Crippen LogP contribution < -0.4 is 0 Å². The predicted octanol–water partition coefficient (Wildman–Crippen LogP) is 4.81. The molecule has 2 aliphatic rings. The molecule has 0 saturated heterocycles. The molecule has 0 aromatic rings. The number of hydrogen-bond acceptors (Lipinski definition) is 0. The summed E-state index contributed by atoms with van der Waals surface area (Å²) in [5, 5.41) is 0. The smallest absolute Gasteiger partial charge is 0.0108 e. The summed E-state index contributed by atoms with van der Waals surface area (Å²) in [7, 11) is 0. The summed E-state index contributed by atoms with van der Waals surface area (Å²) in [6.45, 7) is 7.01. The molecule has 0 bridgehead atoms. The van der Waals surface area contributed by atoms with Crippen molar-refractivity contribution in [3.8, 4) is 0 Å². The van der Waals surface area contributed by atoms with Crippen molar-refractivity contribution >= 4 is 0 Å². The van der Waals surface area contributed by atoms with Gasteiger partial charge in [0.25, 0.3) is 0 Å². The van der Waals surface area contributed by atoms with Crippen LogP contribution in [-0.2, 0) is 0 Å². The van der Waals surface area contributed by atoms with Crippen molar-refractivity contribution in [2.75, 3.05) is 0 Å². The van der Waals surface area contributed by atoms with Crippen LogP contribution in [-0.4, -0.2) is 0 Å². The van der Waals surface area contributed by atoms with Gasteiger partial charge in [-0.25, -0.2) is 0 Å². The van der Waals surface area contributed by atoms with Crippen molar-refractivity contribution < 1.29 is 0 Å². The lowest BCUT2D eigenvalue weighted by Gasteiger charge is -2.36. The molecule has 0 heteroatoms. The van der Waals surface area contributed by atoms with Crippen LogP contribution in [0.3, 0.4) is 0 Å². The Hall–Kier alpha value is -1.04. The van der Waals surface area contributed by atoms with E-state index in [-0.39, 0.29) is 0 Å². The molecular formula is C16H22. The molecule has 0 aliphatic heterocycles. The first kappa shape index (κ1) is 11.4. The molecule has 0 saturated carbocycles. The molecule has 1 atom stereocenters. The van der Waals surface area contributed by atoms with Gasteiger partial charge in [0.05, 0.1) is 0 Å². The van der Waals surface area contributed by atoms with E-state index in [2.05, 4.69) is 57.2 Å². The molecule has 0 heterocycles. The Bertz CT molecular complexity index is 375. The second-order valence-corrected chi connectivity index (χ2v) is 5.71. The van der Waals surface area contributed by atoms with Gasteiger partial charge in [-0.05, 0) is 37.5 Å². The largest absolute Gasteiger partial charge is 0.0839 e. The highest BCUT2D eigenvalue weighted by molar-refractivity contribution is 5.28. The Morgan fingerprint density at radius 3 is 2.88 bits per heavy atom. The van der Waals surface area contributed by atoms with Crippen molar-refractivity contribution in [1.29, 1.82) is 0 Å². The quantitative estimate of drug-likeness (QED) is 0.543. The van der Waals surface area contributed by atoms with Gasteiger partial charge in [-0.2, -0.15) is 0 Å². The van der Waals surface area contributed by atoms with Gasteiger partial charge >= 0.3 is 0 Å². The van der Waals surface area contributed by atoms with Crippen LogP contribution >= 0.6 is 0 Å². The third-order valence-electron chi connectivity index (χ3n) is 3.89. The van der Waals surface area contributed by atoms with Crippen molar-refractivity contribution in [2.45, 2.75) is 40.0 Å². The number of fused-ring (bicyclic) bond motifs is 1. The molecule has 0 aromatic heterocycles. The summed E-state index contributed by atoms with van der Waals surface area (Å²) in [6, 6.07) is 0. The molecule has 0 radical (unpaired) electrons. The molecule has 0 spiro atoms. The van der Waals surface area contributed by atoms with Gasteiger partial charge in [0.2, 0.25) is 0 Å². The molecule has 2 rings (SSSR count). The minimum atomic E-state index is 0.379. The van der Waals surface area contributed by atoms with E-state index in [4.69, 9.17) is 0 Å². The predicted molar refractivity (Wildman–Crippen MR) is 71.2 cm³/mol. The van der Waals surface area contributed by atoms with E-state index >= 15 is 0 Å². The number of hydrogen-bond donors (Lipinski definition) is 0. The lowest BCUT2D eigenvalue weighted by molar-refractivity contribution is 0.247. The minimum absolute atomic E-state index is 0.379. The summed E-state index contributed by atoms with van der Waals surface area (Å²) in [6.07, 6.45) is 17.3. The lowest BCUT2D eigenvalue weighted by Crippen LogP contribution is -2.25. The maximum atomic E-state index is 2.40. The average molecular weight is 214 g/mol. The van der Waals surface area contributed by atoms with Gasteiger partial charge in [-0.1, -0.05) is 61.4 Å². The van der Waals surface area contributed by atoms with Gasteiger partial charge in [-0.15, -0.1) is 0 Å². The van der Waals surface area contributed by atoms with E-state index in [0.717, 1.165) is 6.42 Å².